The zero-order valence-electron chi connectivity index (χ0n) is 17.4. The Morgan fingerprint density at radius 3 is 2.56 bits per heavy atom. The van der Waals surface area contributed by atoms with Crippen LogP contribution < -0.4 is 4.74 Å². The Labute approximate surface area is 190 Å². The number of rotatable bonds is 5. The van der Waals surface area contributed by atoms with E-state index in [1.807, 2.05) is 0 Å². The number of hydrogen-bond acceptors (Lipinski definition) is 5. The molecule has 0 aromatic heterocycles. The van der Waals surface area contributed by atoms with Crippen LogP contribution in [0.2, 0.25) is 5.02 Å². The highest BCUT2D eigenvalue weighted by molar-refractivity contribution is 7.92. The van der Waals surface area contributed by atoms with Crippen LogP contribution >= 0.6 is 11.6 Å². The van der Waals surface area contributed by atoms with Gasteiger partial charge in [0.15, 0.2) is 21.4 Å². The van der Waals surface area contributed by atoms with E-state index >= 15 is 4.39 Å². The molecule has 0 radical (unpaired) electrons. The zero-order valence-corrected chi connectivity index (χ0v) is 19.0. The molecule has 2 aromatic rings. The molecule has 0 bridgehead atoms. The van der Waals surface area contributed by atoms with Gasteiger partial charge in [-0.05, 0) is 68.0 Å². The van der Waals surface area contributed by atoms with Crippen molar-refractivity contribution in [2.45, 2.75) is 41.7 Å². The molecule has 2 aliphatic rings. The fourth-order valence-corrected chi connectivity index (χ4v) is 7.61. The van der Waals surface area contributed by atoms with Crippen LogP contribution in [-0.4, -0.2) is 28.1 Å². The van der Waals surface area contributed by atoms with Crippen molar-refractivity contribution in [1.29, 1.82) is 0 Å². The van der Waals surface area contributed by atoms with Gasteiger partial charge in [0.1, 0.15) is 10.6 Å². The maximum absolute atomic E-state index is 15.2. The molecule has 1 saturated carbocycles. The van der Waals surface area contributed by atoms with Crippen molar-refractivity contribution in [2.75, 3.05) is 13.7 Å². The second-order valence-electron chi connectivity index (χ2n) is 8.34. The van der Waals surface area contributed by atoms with Crippen LogP contribution in [0.25, 0.3) is 0 Å². The van der Waals surface area contributed by atoms with Gasteiger partial charge in [-0.2, -0.15) is 0 Å². The van der Waals surface area contributed by atoms with Crippen LogP contribution in [-0.2, 0) is 24.1 Å². The second kappa shape index (κ2) is 8.63. The Hall–Kier alpha value is -2.19. The molecule has 9 heteroatoms. The maximum Gasteiger partial charge on any atom is 0.305 e. The minimum absolute atomic E-state index is 0.00331. The minimum Gasteiger partial charge on any atom is -0.490 e. The average Bonchev–Trinajstić information content (AvgIpc) is 2.79. The van der Waals surface area contributed by atoms with Gasteiger partial charge in [-0.15, -0.1) is 0 Å². The van der Waals surface area contributed by atoms with Gasteiger partial charge in [-0.3, -0.25) is 4.79 Å². The lowest BCUT2D eigenvalue weighted by Gasteiger charge is -2.49. The molecule has 0 saturated heterocycles. The monoisotopic (exact) mass is 484 g/mol. The summed E-state index contributed by atoms with van der Waals surface area (Å²) in [5, 5.41) is 0.370. The number of carbonyl (C=O) groups excluding carboxylic acids is 1. The maximum atomic E-state index is 15.2. The topological polar surface area (TPSA) is 69.7 Å². The third-order valence-corrected chi connectivity index (χ3v) is 9.55. The first-order valence-corrected chi connectivity index (χ1v) is 12.2. The molecule has 4 rings (SSSR count). The smallest absolute Gasteiger partial charge is 0.305 e. The van der Waals surface area contributed by atoms with Crippen LogP contribution in [0.5, 0.6) is 5.75 Å². The van der Waals surface area contributed by atoms with E-state index in [1.54, 1.807) is 0 Å². The third-order valence-electron chi connectivity index (χ3n) is 6.70. The van der Waals surface area contributed by atoms with Crippen LogP contribution in [0.3, 0.4) is 0 Å². The number of carbonyl (C=O) groups is 1. The van der Waals surface area contributed by atoms with Crippen molar-refractivity contribution in [3.8, 4) is 5.75 Å². The summed E-state index contributed by atoms with van der Waals surface area (Å²) in [6.07, 6.45) is 1.67. The van der Waals surface area contributed by atoms with Crippen molar-refractivity contribution in [1.82, 2.24) is 0 Å². The predicted molar refractivity (Wildman–Crippen MR) is 114 cm³/mol. The zero-order chi connectivity index (χ0) is 23.1. The van der Waals surface area contributed by atoms with Crippen molar-refractivity contribution < 1.29 is 31.5 Å². The van der Waals surface area contributed by atoms with Gasteiger partial charge in [0.05, 0.1) is 24.2 Å². The molecular formula is C23H23ClF2O5S. The molecule has 2 aromatic carbocycles. The van der Waals surface area contributed by atoms with Gasteiger partial charge < -0.3 is 9.47 Å². The molecule has 0 N–H and O–H groups in total. The van der Waals surface area contributed by atoms with Crippen LogP contribution in [0, 0.1) is 23.5 Å². The highest BCUT2D eigenvalue weighted by atomic mass is 35.5. The highest BCUT2D eigenvalue weighted by Crippen LogP contribution is 2.57. The molecule has 5 nitrogen and oxygen atoms in total. The van der Waals surface area contributed by atoms with Crippen LogP contribution in [0.4, 0.5) is 8.78 Å². The van der Waals surface area contributed by atoms with E-state index in [1.165, 1.54) is 31.4 Å². The van der Waals surface area contributed by atoms with Crippen LogP contribution in [0.1, 0.15) is 37.7 Å². The number of halogens is 3. The fourth-order valence-electron chi connectivity index (χ4n) is 5.12. The summed E-state index contributed by atoms with van der Waals surface area (Å²) in [6.45, 7) is -0.0606. The first kappa shape index (κ1) is 23.0. The molecule has 32 heavy (non-hydrogen) atoms. The molecule has 0 unspecified atom stereocenters. The van der Waals surface area contributed by atoms with E-state index < -0.39 is 32.1 Å². The Morgan fingerprint density at radius 2 is 1.88 bits per heavy atom. The SMILES string of the molecule is COC(=O)CC[C@@H]1CC[C@@]2(S(=O)(=O)c3ccc(Cl)cc3)c3c(F)ccc(F)c3OC[C@H]2C1. The van der Waals surface area contributed by atoms with E-state index in [0.717, 1.165) is 12.1 Å². The molecule has 1 aliphatic carbocycles. The highest BCUT2D eigenvalue weighted by Gasteiger charge is 2.59. The van der Waals surface area contributed by atoms with Crippen molar-refractivity contribution in [2.24, 2.45) is 11.8 Å². The van der Waals surface area contributed by atoms with E-state index in [0.29, 0.717) is 24.3 Å². The summed E-state index contributed by atoms with van der Waals surface area (Å²) in [5.41, 5.74) is -0.241. The standard InChI is InChI=1S/C23H23ClF2O5S/c1-30-20(27)9-2-14-10-11-23(32(28,29)17-5-3-16(24)4-6-17)15(12-14)13-31-22-19(26)8-7-18(25)21(22)23/h3-8,14-15H,2,9-13H2,1H3/t14-,15-,23+/m1/s1. The summed E-state index contributed by atoms with van der Waals surface area (Å²) < 4.78 is 66.5. The van der Waals surface area contributed by atoms with Crippen molar-refractivity contribution in [3.63, 3.8) is 0 Å². The predicted octanol–water partition coefficient (Wildman–Crippen LogP) is 5.05. The summed E-state index contributed by atoms with van der Waals surface area (Å²) in [7, 11) is -2.83. The van der Waals surface area contributed by atoms with E-state index in [-0.39, 0.29) is 47.5 Å². The van der Waals surface area contributed by atoms with Gasteiger partial charge in [-0.25, -0.2) is 17.2 Å². The van der Waals surface area contributed by atoms with E-state index in [4.69, 9.17) is 21.1 Å². The first-order valence-electron chi connectivity index (χ1n) is 10.4. The lowest BCUT2D eigenvalue weighted by atomic mass is 9.68. The van der Waals surface area contributed by atoms with Gasteiger partial charge in [0, 0.05) is 17.4 Å². The van der Waals surface area contributed by atoms with E-state index in [9.17, 15) is 17.6 Å². The molecule has 1 aliphatic heterocycles. The van der Waals surface area contributed by atoms with E-state index in [2.05, 4.69) is 0 Å². The Balaban J connectivity index is 1.83. The number of methoxy groups -OCH3 is 1. The number of ether oxygens (including phenoxy) is 2. The number of benzene rings is 2. The molecule has 1 fully saturated rings. The second-order valence-corrected chi connectivity index (χ2v) is 11.0. The van der Waals surface area contributed by atoms with Crippen molar-refractivity contribution in [3.05, 3.63) is 58.6 Å². The molecule has 0 spiro atoms. The molecule has 172 valence electrons. The lowest BCUT2D eigenvalue weighted by molar-refractivity contribution is -0.141. The molecular weight excluding hydrogens is 462 g/mol. The normalized spacial score (nSPS) is 24.8. The minimum atomic E-state index is -4.15. The quantitative estimate of drug-likeness (QED) is 0.555. The summed E-state index contributed by atoms with van der Waals surface area (Å²) in [5.74, 6) is -2.85. The Morgan fingerprint density at radius 1 is 1.19 bits per heavy atom. The summed E-state index contributed by atoms with van der Waals surface area (Å²) in [4.78, 5) is 11.6. The lowest BCUT2D eigenvalue weighted by Crippen LogP contribution is -2.52. The molecule has 1 heterocycles. The molecule has 0 amide bonds. The number of sulfone groups is 1. The van der Waals surface area contributed by atoms with Crippen LogP contribution in [0.15, 0.2) is 41.3 Å². The number of fused-ring (bicyclic) bond motifs is 3. The summed E-state index contributed by atoms with van der Waals surface area (Å²) in [6, 6.07) is 7.59. The third kappa shape index (κ3) is 3.67. The Kier molecular flexibility index (Phi) is 6.20. The first-order chi connectivity index (χ1) is 15.2. The number of hydrogen-bond donors (Lipinski definition) is 0. The van der Waals surface area contributed by atoms with Gasteiger partial charge in [-0.1, -0.05) is 11.6 Å². The van der Waals surface area contributed by atoms with Gasteiger partial charge in [0.2, 0.25) is 0 Å². The Bertz CT molecular complexity index is 1140. The van der Waals surface area contributed by atoms with Crippen molar-refractivity contribution >= 4 is 27.4 Å². The average molecular weight is 485 g/mol. The van der Waals surface area contributed by atoms with Gasteiger partial charge >= 0.3 is 5.97 Å². The van der Waals surface area contributed by atoms with Gasteiger partial charge in [0.25, 0.3) is 0 Å². The largest absolute Gasteiger partial charge is 0.490 e. The fraction of sp³-hybridized carbons (Fsp3) is 0.435. The molecule has 3 atom stereocenters. The number of esters is 1. The summed E-state index contributed by atoms with van der Waals surface area (Å²) >= 11 is 5.94.